The molecule has 1 heterocycles. The maximum atomic E-state index is 9.56. The molecule has 0 spiro atoms. The van der Waals surface area contributed by atoms with E-state index in [1.807, 2.05) is 41.2 Å². The zero-order valence-electron chi connectivity index (χ0n) is 11.1. The molecule has 0 aliphatic heterocycles. The van der Waals surface area contributed by atoms with Crippen molar-refractivity contribution in [3.63, 3.8) is 0 Å². The number of aliphatic hydroxyl groups is 1. The van der Waals surface area contributed by atoms with E-state index in [0.29, 0.717) is 11.5 Å². The smallest absolute Gasteiger partial charge is 0.140 e. The highest BCUT2D eigenvalue weighted by Gasteiger charge is 2.12. The Morgan fingerprint density at radius 1 is 1.25 bits per heavy atom. The van der Waals surface area contributed by atoms with Crippen LogP contribution in [0.2, 0.25) is 0 Å². The lowest BCUT2D eigenvalue weighted by Crippen LogP contribution is -2.01. The molecule has 0 saturated carbocycles. The SMILES string of the molecule is CSc1cccc(-n2c(CO)nc3cc(N)ccc32)c1. The molecule has 5 heteroatoms. The predicted octanol–water partition coefficient (Wildman–Crippen LogP) is 2.82. The number of aliphatic hydroxyl groups excluding tert-OH is 1. The van der Waals surface area contributed by atoms with Gasteiger partial charge in [-0.25, -0.2) is 4.98 Å². The van der Waals surface area contributed by atoms with Crippen molar-refractivity contribution in [2.24, 2.45) is 0 Å². The van der Waals surface area contributed by atoms with Crippen LogP contribution in [0.4, 0.5) is 5.69 Å². The van der Waals surface area contributed by atoms with Gasteiger partial charge in [-0.15, -0.1) is 11.8 Å². The topological polar surface area (TPSA) is 64.1 Å². The minimum absolute atomic E-state index is 0.113. The van der Waals surface area contributed by atoms with Crippen molar-refractivity contribution in [3.8, 4) is 5.69 Å². The lowest BCUT2D eigenvalue weighted by Gasteiger charge is -2.09. The molecule has 0 amide bonds. The summed E-state index contributed by atoms with van der Waals surface area (Å²) < 4.78 is 1.97. The zero-order chi connectivity index (χ0) is 14.1. The molecule has 4 nitrogen and oxygen atoms in total. The summed E-state index contributed by atoms with van der Waals surface area (Å²) in [5.74, 6) is 0.615. The third kappa shape index (κ3) is 2.15. The van der Waals surface area contributed by atoms with Gasteiger partial charge < -0.3 is 10.8 Å². The molecular weight excluding hydrogens is 270 g/mol. The molecule has 3 rings (SSSR count). The van der Waals surface area contributed by atoms with E-state index in [9.17, 15) is 5.11 Å². The van der Waals surface area contributed by atoms with E-state index in [1.165, 1.54) is 4.90 Å². The average Bonchev–Trinajstić information content (AvgIpc) is 2.84. The standard InChI is InChI=1S/C15H15N3OS/c1-20-12-4-2-3-11(8-12)18-14-6-5-10(16)7-13(14)17-15(18)9-19/h2-8,19H,9,16H2,1H3. The van der Waals surface area contributed by atoms with Gasteiger partial charge in [-0.1, -0.05) is 6.07 Å². The van der Waals surface area contributed by atoms with Gasteiger partial charge in [0.2, 0.25) is 0 Å². The van der Waals surface area contributed by atoms with Gasteiger partial charge in [-0.2, -0.15) is 0 Å². The summed E-state index contributed by atoms with van der Waals surface area (Å²) in [6.45, 7) is -0.113. The molecule has 20 heavy (non-hydrogen) atoms. The molecule has 1 aromatic heterocycles. The van der Waals surface area contributed by atoms with Crippen LogP contribution in [-0.4, -0.2) is 20.9 Å². The fraction of sp³-hybridized carbons (Fsp3) is 0.133. The summed E-state index contributed by atoms with van der Waals surface area (Å²) in [6.07, 6.45) is 2.04. The molecular formula is C15H15N3OS. The lowest BCUT2D eigenvalue weighted by molar-refractivity contribution is 0.270. The molecule has 0 bridgehead atoms. The van der Waals surface area contributed by atoms with Crippen molar-refractivity contribution in [2.75, 3.05) is 12.0 Å². The van der Waals surface area contributed by atoms with Gasteiger partial charge in [-0.3, -0.25) is 4.57 Å². The number of aromatic nitrogens is 2. The number of nitrogens with two attached hydrogens (primary N) is 1. The molecule has 0 unspecified atom stereocenters. The number of imidazole rings is 1. The number of hydrogen-bond donors (Lipinski definition) is 2. The van der Waals surface area contributed by atoms with E-state index < -0.39 is 0 Å². The van der Waals surface area contributed by atoms with Crippen LogP contribution in [0.25, 0.3) is 16.7 Å². The number of benzene rings is 2. The van der Waals surface area contributed by atoms with Gasteiger partial charge in [0.15, 0.2) is 0 Å². The molecule has 102 valence electrons. The highest BCUT2D eigenvalue weighted by atomic mass is 32.2. The molecule has 2 aromatic carbocycles. The maximum Gasteiger partial charge on any atom is 0.140 e. The fourth-order valence-electron chi connectivity index (χ4n) is 2.29. The lowest BCUT2D eigenvalue weighted by atomic mass is 10.2. The number of anilines is 1. The van der Waals surface area contributed by atoms with E-state index in [2.05, 4.69) is 17.1 Å². The second kappa shape index (κ2) is 5.19. The van der Waals surface area contributed by atoms with Gasteiger partial charge in [0, 0.05) is 16.3 Å². The van der Waals surface area contributed by atoms with E-state index in [1.54, 1.807) is 11.8 Å². The maximum absolute atomic E-state index is 9.56. The molecule has 0 saturated heterocycles. The number of rotatable bonds is 3. The Kier molecular flexibility index (Phi) is 3.38. The number of hydrogen-bond acceptors (Lipinski definition) is 4. The van der Waals surface area contributed by atoms with Gasteiger partial charge in [0.05, 0.1) is 11.0 Å². The van der Waals surface area contributed by atoms with Crippen LogP contribution < -0.4 is 5.73 Å². The second-order valence-corrected chi connectivity index (χ2v) is 5.35. The summed E-state index contributed by atoms with van der Waals surface area (Å²) >= 11 is 1.69. The van der Waals surface area contributed by atoms with Crippen molar-refractivity contribution < 1.29 is 5.11 Å². The quantitative estimate of drug-likeness (QED) is 0.574. The van der Waals surface area contributed by atoms with E-state index >= 15 is 0 Å². The summed E-state index contributed by atoms with van der Waals surface area (Å²) in [6, 6.07) is 13.8. The number of fused-ring (bicyclic) bond motifs is 1. The first kappa shape index (κ1) is 13.0. The molecule has 0 aliphatic carbocycles. The van der Waals surface area contributed by atoms with Gasteiger partial charge >= 0.3 is 0 Å². The van der Waals surface area contributed by atoms with Crippen LogP contribution in [0.3, 0.4) is 0 Å². The third-order valence-corrected chi connectivity index (χ3v) is 3.93. The molecule has 0 aliphatic rings. The van der Waals surface area contributed by atoms with E-state index in [4.69, 9.17) is 5.73 Å². The average molecular weight is 285 g/mol. The molecule has 0 fully saturated rings. The number of nitrogens with zero attached hydrogens (tertiary/aromatic N) is 2. The van der Waals surface area contributed by atoms with Crippen molar-refractivity contribution in [1.29, 1.82) is 0 Å². The minimum atomic E-state index is -0.113. The first-order valence-corrected chi connectivity index (χ1v) is 7.47. The first-order chi connectivity index (χ1) is 9.72. The molecule has 3 N–H and O–H groups in total. The molecule has 0 atom stereocenters. The highest BCUT2D eigenvalue weighted by Crippen LogP contribution is 2.25. The number of thioether (sulfide) groups is 1. The normalized spacial score (nSPS) is 11.1. The van der Waals surface area contributed by atoms with Crippen LogP contribution in [0.1, 0.15) is 5.82 Å². The second-order valence-electron chi connectivity index (χ2n) is 4.47. The van der Waals surface area contributed by atoms with Gasteiger partial charge in [-0.05, 0) is 42.7 Å². The van der Waals surface area contributed by atoms with Crippen LogP contribution >= 0.6 is 11.8 Å². The molecule has 0 radical (unpaired) electrons. The van der Waals surface area contributed by atoms with E-state index in [0.717, 1.165) is 16.7 Å². The predicted molar refractivity (Wildman–Crippen MR) is 83.2 cm³/mol. The summed E-state index contributed by atoms with van der Waals surface area (Å²) in [5.41, 5.74) is 9.20. The summed E-state index contributed by atoms with van der Waals surface area (Å²) in [4.78, 5) is 5.62. The fourth-order valence-corrected chi connectivity index (χ4v) is 2.74. The van der Waals surface area contributed by atoms with Gasteiger partial charge in [0.25, 0.3) is 0 Å². The van der Waals surface area contributed by atoms with E-state index in [-0.39, 0.29) is 6.61 Å². The minimum Gasteiger partial charge on any atom is -0.399 e. The van der Waals surface area contributed by atoms with Crippen molar-refractivity contribution in [2.45, 2.75) is 11.5 Å². The zero-order valence-corrected chi connectivity index (χ0v) is 11.9. The van der Waals surface area contributed by atoms with Crippen molar-refractivity contribution in [3.05, 3.63) is 48.3 Å². The van der Waals surface area contributed by atoms with Crippen LogP contribution in [-0.2, 0) is 6.61 Å². The van der Waals surface area contributed by atoms with Crippen LogP contribution in [0.15, 0.2) is 47.4 Å². The highest BCUT2D eigenvalue weighted by molar-refractivity contribution is 7.98. The third-order valence-electron chi connectivity index (χ3n) is 3.20. The van der Waals surface area contributed by atoms with Crippen LogP contribution in [0, 0.1) is 0 Å². The largest absolute Gasteiger partial charge is 0.399 e. The van der Waals surface area contributed by atoms with Gasteiger partial charge in [0.1, 0.15) is 12.4 Å². The van der Waals surface area contributed by atoms with Crippen LogP contribution in [0.5, 0.6) is 0 Å². The Morgan fingerprint density at radius 2 is 2.10 bits per heavy atom. The first-order valence-electron chi connectivity index (χ1n) is 6.25. The Labute approximate surface area is 121 Å². The summed E-state index contributed by atoms with van der Waals surface area (Å²) in [5, 5.41) is 9.56. The Bertz CT molecular complexity index is 767. The van der Waals surface area contributed by atoms with Crippen molar-refractivity contribution >= 4 is 28.5 Å². The Balaban J connectivity index is 2.28. The Hall–Kier alpha value is -1.98. The monoisotopic (exact) mass is 285 g/mol. The number of nitrogen functional groups attached to an aromatic ring is 1. The summed E-state index contributed by atoms with van der Waals surface area (Å²) in [7, 11) is 0. The Morgan fingerprint density at radius 3 is 2.85 bits per heavy atom. The van der Waals surface area contributed by atoms with Crippen molar-refractivity contribution in [1.82, 2.24) is 9.55 Å². The molecule has 3 aromatic rings.